The summed E-state index contributed by atoms with van der Waals surface area (Å²) in [6.45, 7) is 0.764. The lowest BCUT2D eigenvalue weighted by Gasteiger charge is -2.29. The van der Waals surface area contributed by atoms with Gasteiger partial charge in [-0.25, -0.2) is 4.98 Å². The lowest BCUT2D eigenvalue weighted by atomic mass is 9.86. The molecule has 1 aliphatic carbocycles. The number of para-hydroxylation sites is 2. The van der Waals surface area contributed by atoms with Crippen LogP contribution < -0.4 is 10.6 Å². The minimum absolute atomic E-state index is 0.00854. The number of hydrogen-bond donors (Lipinski definition) is 3. The molecule has 3 N–H and O–H groups in total. The highest BCUT2D eigenvalue weighted by Gasteiger charge is 2.32. The topological polar surface area (TPSA) is 69.8 Å². The number of benzene rings is 2. The molecule has 1 saturated carbocycles. The SMILES string of the molecule is O=C(N[C@H]1CC[C@H](CNc2nc3ccccc3[nH]2)CC1)c1cc(C(F)(F)F)ccc1Cl. The van der Waals surface area contributed by atoms with E-state index in [2.05, 4.69) is 20.6 Å². The first kappa shape index (κ1) is 21.5. The Kier molecular flexibility index (Phi) is 6.09. The van der Waals surface area contributed by atoms with Crippen LogP contribution in [0.1, 0.15) is 41.6 Å². The van der Waals surface area contributed by atoms with Crippen molar-refractivity contribution in [3.05, 3.63) is 58.6 Å². The van der Waals surface area contributed by atoms with Gasteiger partial charge in [0.05, 0.1) is 27.2 Å². The van der Waals surface area contributed by atoms with Crippen molar-refractivity contribution in [2.75, 3.05) is 11.9 Å². The largest absolute Gasteiger partial charge is 0.416 e. The Bertz CT molecular complexity index is 1040. The lowest BCUT2D eigenvalue weighted by molar-refractivity contribution is -0.137. The fourth-order valence-corrected chi connectivity index (χ4v) is 4.13. The molecule has 0 atom stereocenters. The van der Waals surface area contributed by atoms with Gasteiger partial charge in [-0.05, 0) is 61.9 Å². The van der Waals surface area contributed by atoms with Crippen LogP contribution in [-0.4, -0.2) is 28.5 Å². The minimum atomic E-state index is -4.52. The fourth-order valence-electron chi connectivity index (χ4n) is 3.93. The Morgan fingerprint density at radius 3 is 2.58 bits per heavy atom. The van der Waals surface area contributed by atoms with Crippen LogP contribution in [0, 0.1) is 5.92 Å². The summed E-state index contributed by atoms with van der Waals surface area (Å²) in [5.41, 5.74) is 0.849. The van der Waals surface area contributed by atoms with Crippen molar-refractivity contribution >= 4 is 34.5 Å². The number of carbonyl (C=O) groups is 1. The smallest absolute Gasteiger partial charge is 0.356 e. The number of fused-ring (bicyclic) bond motifs is 1. The Morgan fingerprint density at radius 1 is 1.13 bits per heavy atom. The van der Waals surface area contributed by atoms with Crippen molar-refractivity contribution in [1.82, 2.24) is 15.3 Å². The summed E-state index contributed by atoms with van der Waals surface area (Å²) in [5.74, 6) is 0.592. The van der Waals surface area contributed by atoms with Crippen molar-refractivity contribution < 1.29 is 18.0 Å². The van der Waals surface area contributed by atoms with Gasteiger partial charge in [0.25, 0.3) is 5.91 Å². The summed E-state index contributed by atoms with van der Waals surface area (Å²) >= 11 is 5.97. The van der Waals surface area contributed by atoms with E-state index in [0.29, 0.717) is 5.92 Å². The number of anilines is 1. The first-order valence-corrected chi connectivity index (χ1v) is 10.5. The molecule has 0 radical (unpaired) electrons. The van der Waals surface area contributed by atoms with E-state index in [1.54, 1.807) is 0 Å². The third kappa shape index (κ3) is 5.12. The van der Waals surface area contributed by atoms with Gasteiger partial charge in [-0.15, -0.1) is 0 Å². The Labute approximate surface area is 182 Å². The third-order valence-electron chi connectivity index (χ3n) is 5.67. The molecule has 0 bridgehead atoms. The number of rotatable bonds is 5. The molecule has 1 heterocycles. The van der Waals surface area contributed by atoms with E-state index in [1.165, 1.54) is 0 Å². The molecular formula is C22H22ClF3N4O. The van der Waals surface area contributed by atoms with Crippen molar-refractivity contribution in [3.63, 3.8) is 0 Å². The van der Waals surface area contributed by atoms with E-state index in [-0.39, 0.29) is 16.6 Å². The van der Waals surface area contributed by atoms with Crippen LogP contribution in [0.25, 0.3) is 11.0 Å². The minimum Gasteiger partial charge on any atom is -0.356 e. The van der Waals surface area contributed by atoms with Gasteiger partial charge in [0.1, 0.15) is 0 Å². The standard InChI is InChI=1S/C22H22ClF3N4O/c23-17-10-7-14(22(24,25)26)11-16(17)20(31)28-15-8-5-13(6-9-15)12-27-21-29-18-3-1-2-4-19(18)30-21/h1-4,7,10-11,13,15H,5-6,8-9,12H2,(H,28,31)(H2,27,29,30)/t13-,15-. The predicted molar refractivity (Wildman–Crippen MR) is 114 cm³/mol. The molecule has 0 saturated heterocycles. The number of carbonyl (C=O) groups excluding carboxylic acids is 1. The monoisotopic (exact) mass is 450 g/mol. The van der Waals surface area contributed by atoms with Gasteiger partial charge in [-0.1, -0.05) is 23.7 Å². The number of halogens is 4. The van der Waals surface area contributed by atoms with Gasteiger partial charge < -0.3 is 15.6 Å². The summed E-state index contributed by atoms with van der Waals surface area (Å²) in [6, 6.07) is 10.5. The van der Waals surface area contributed by atoms with Crippen molar-refractivity contribution in [1.29, 1.82) is 0 Å². The van der Waals surface area contributed by atoms with Gasteiger partial charge in [0.15, 0.2) is 0 Å². The van der Waals surface area contributed by atoms with Crippen LogP contribution >= 0.6 is 11.6 Å². The zero-order valence-electron chi connectivity index (χ0n) is 16.6. The number of aromatic nitrogens is 2. The van der Waals surface area contributed by atoms with Crippen molar-refractivity contribution in [3.8, 4) is 0 Å². The number of nitrogens with zero attached hydrogens (tertiary/aromatic N) is 1. The highest BCUT2D eigenvalue weighted by Crippen LogP contribution is 2.32. The second kappa shape index (κ2) is 8.78. The molecule has 5 nitrogen and oxygen atoms in total. The molecule has 1 aromatic heterocycles. The average molecular weight is 451 g/mol. The molecule has 1 amide bonds. The Balaban J connectivity index is 1.28. The normalized spacial score (nSPS) is 19.4. The molecule has 164 valence electrons. The first-order chi connectivity index (χ1) is 14.8. The van der Waals surface area contributed by atoms with E-state index in [1.807, 2.05) is 24.3 Å². The highest BCUT2D eigenvalue weighted by molar-refractivity contribution is 6.33. The summed E-state index contributed by atoms with van der Waals surface area (Å²) in [4.78, 5) is 20.2. The maximum Gasteiger partial charge on any atom is 0.416 e. The number of alkyl halides is 3. The summed E-state index contributed by atoms with van der Waals surface area (Å²) in [6.07, 6.45) is -1.21. The quantitative estimate of drug-likeness (QED) is 0.471. The van der Waals surface area contributed by atoms with E-state index in [0.717, 1.165) is 67.4 Å². The molecule has 3 aromatic rings. The molecule has 0 spiro atoms. The van der Waals surface area contributed by atoms with Crippen LogP contribution in [0.15, 0.2) is 42.5 Å². The second-order valence-electron chi connectivity index (χ2n) is 7.87. The molecule has 1 aliphatic rings. The maximum absolute atomic E-state index is 12.9. The van der Waals surface area contributed by atoms with Crippen LogP contribution in [0.5, 0.6) is 0 Å². The van der Waals surface area contributed by atoms with Crippen LogP contribution in [-0.2, 0) is 6.18 Å². The van der Waals surface area contributed by atoms with Crippen LogP contribution in [0.4, 0.5) is 19.1 Å². The van der Waals surface area contributed by atoms with E-state index < -0.39 is 17.6 Å². The molecule has 4 rings (SSSR count). The van der Waals surface area contributed by atoms with E-state index in [9.17, 15) is 18.0 Å². The number of amides is 1. The number of H-pyrrole nitrogens is 1. The van der Waals surface area contributed by atoms with E-state index in [4.69, 9.17) is 11.6 Å². The lowest BCUT2D eigenvalue weighted by Crippen LogP contribution is -2.38. The molecule has 0 aliphatic heterocycles. The molecular weight excluding hydrogens is 429 g/mol. The predicted octanol–water partition coefficient (Wildman–Crippen LogP) is 5.64. The fraction of sp³-hybridized carbons (Fsp3) is 0.364. The number of hydrogen-bond acceptors (Lipinski definition) is 3. The maximum atomic E-state index is 12.9. The van der Waals surface area contributed by atoms with Gasteiger partial charge in [-0.3, -0.25) is 4.79 Å². The van der Waals surface area contributed by atoms with Gasteiger partial charge >= 0.3 is 6.18 Å². The zero-order chi connectivity index (χ0) is 22.0. The van der Waals surface area contributed by atoms with Crippen LogP contribution in [0.3, 0.4) is 0 Å². The molecule has 9 heteroatoms. The van der Waals surface area contributed by atoms with Crippen LogP contribution in [0.2, 0.25) is 5.02 Å². The number of imidazole rings is 1. The van der Waals surface area contributed by atoms with Crippen molar-refractivity contribution in [2.24, 2.45) is 5.92 Å². The average Bonchev–Trinajstić information content (AvgIpc) is 3.15. The molecule has 0 unspecified atom stereocenters. The van der Waals surface area contributed by atoms with E-state index >= 15 is 0 Å². The van der Waals surface area contributed by atoms with Gasteiger partial charge in [-0.2, -0.15) is 13.2 Å². The highest BCUT2D eigenvalue weighted by atomic mass is 35.5. The third-order valence-corrected chi connectivity index (χ3v) is 6.00. The Hall–Kier alpha value is -2.74. The first-order valence-electron chi connectivity index (χ1n) is 10.2. The second-order valence-corrected chi connectivity index (χ2v) is 8.27. The molecule has 1 fully saturated rings. The van der Waals surface area contributed by atoms with Gasteiger partial charge in [0, 0.05) is 12.6 Å². The zero-order valence-corrected chi connectivity index (χ0v) is 17.4. The number of nitrogens with one attached hydrogen (secondary N) is 3. The molecule has 2 aromatic carbocycles. The summed E-state index contributed by atoms with van der Waals surface area (Å²) in [7, 11) is 0. The number of aromatic amines is 1. The van der Waals surface area contributed by atoms with Gasteiger partial charge in [0.2, 0.25) is 5.95 Å². The Morgan fingerprint density at radius 2 is 1.87 bits per heavy atom. The summed E-state index contributed by atoms with van der Waals surface area (Å²) < 4.78 is 38.8. The summed E-state index contributed by atoms with van der Waals surface area (Å²) in [5, 5.41) is 6.18. The molecule has 31 heavy (non-hydrogen) atoms. The van der Waals surface area contributed by atoms with Crippen molar-refractivity contribution in [2.45, 2.75) is 37.9 Å².